The highest BCUT2D eigenvalue weighted by molar-refractivity contribution is 5.84. The van der Waals surface area contributed by atoms with Gasteiger partial charge in [0.15, 0.2) is 0 Å². The Morgan fingerprint density at radius 2 is 1.52 bits per heavy atom. The third kappa shape index (κ3) is 2.57. The molecule has 0 unspecified atom stereocenters. The number of ether oxygens (including phenoxy) is 1. The average Bonchev–Trinajstić information content (AvgIpc) is 3.06. The highest BCUT2D eigenvalue weighted by Gasteiger charge is 2.06. The molecule has 0 amide bonds. The third-order valence-corrected chi connectivity index (χ3v) is 3.95. The van der Waals surface area contributed by atoms with Crippen LogP contribution in [0.1, 0.15) is 0 Å². The van der Waals surface area contributed by atoms with E-state index < -0.39 is 0 Å². The minimum Gasteiger partial charge on any atom is -0.497 e. The number of nitrogens with one attached hydrogen (secondary N) is 1. The largest absolute Gasteiger partial charge is 0.497 e. The van der Waals surface area contributed by atoms with Crippen LogP contribution in [0.5, 0.6) is 5.75 Å². The molecule has 4 aromatic rings. The molecule has 1 N–H and O–H groups in total. The van der Waals surface area contributed by atoms with E-state index in [4.69, 9.17) is 9.72 Å². The number of H-pyrrole nitrogens is 1. The molecule has 3 aromatic carbocycles. The molecule has 1 heterocycles. The van der Waals surface area contributed by atoms with Crippen molar-refractivity contribution in [2.45, 2.75) is 0 Å². The first-order chi connectivity index (χ1) is 11.3. The van der Waals surface area contributed by atoms with Crippen LogP contribution in [0.4, 0.5) is 0 Å². The molecule has 0 aliphatic rings. The van der Waals surface area contributed by atoms with Gasteiger partial charge >= 0.3 is 0 Å². The van der Waals surface area contributed by atoms with Crippen LogP contribution in [0.15, 0.2) is 72.8 Å². The van der Waals surface area contributed by atoms with Crippen molar-refractivity contribution in [1.29, 1.82) is 0 Å². The van der Waals surface area contributed by atoms with Crippen LogP contribution in [0.2, 0.25) is 0 Å². The average molecular weight is 300 g/mol. The van der Waals surface area contributed by atoms with Gasteiger partial charge in [0.1, 0.15) is 11.6 Å². The quantitative estimate of drug-likeness (QED) is 0.584. The summed E-state index contributed by atoms with van der Waals surface area (Å²) in [7, 11) is 1.68. The lowest BCUT2D eigenvalue weighted by Gasteiger charge is -2.03. The van der Waals surface area contributed by atoms with Crippen molar-refractivity contribution in [3.8, 4) is 28.3 Å². The Hall–Kier alpha value is -3.07. The number of hydrogen-bond acceptors (Lipinski definition) is 2. The molecule has 1 aromatic heterocycles. The molecule has 112 valence electrons. The van der Waals surface area contributed by atoms with Gasteiger partial charge in [-0.1, -0.05) is 48.5 Å². The number of rotatable bonds is 3. The minimum atomic E-state index is 0.862. The maximum absolute atomic E-state index is 5.21. The van der Waals surface area contributed by atoms with Crippen LogP contribution in [0, 0.1) is 0 Å². The summed E-state index contributed by atoms with van der Waals surface area (Å²) in [5.41, 5.74) is 5.40. The van der Waals surface area contributed by atoms with Gasteiger partial charge in [0.05, 0.1) is 18.1 Å². The van der Waals surface area contributed by atoms with Crippen LogP contribution in [0.25, 0.3) is 33.5 Å². The number of imidazole rings is 1. The molecule has 3 heteroatoms. The van der Waals surface area contributed by atoms with Crippen molar-refractivity contribution < 1.29 is 4.74 Å². The first kappa shape index (κ1) is 13.6. The van der Waals surface area contributed by atoms with E-state index in [0.717, 1.165) is 39.3 Å². The molecule has 0 aliphatic heterocycles. The first-order valence-electron chi connectivity index (χ1n) is 7.53. The number of aromatic nitrogens is 2. The van der Waals surface area contributed by atoms with Gasteiger partial charge in [0.2, 0.25) is 0 Å². The Kier molecular flexibility index (Phi) is 3.31. The lowest BCUT2D eigenvalue weighted by molar-refractivity contribution is 0.415. The Morgan fingerprint density at radius 1 is 0.783 bits per heavy atom. The van der Waals surface area contributed by atoms with Gasteiger partial charge in [0.25, 0.3) is 0 Å². The molecule has 0 saturated heterocycles. The minimum absolute atomic E-state index is 0.862. The zero-order valence-corrected chi connectivity index (χ0v) is 12.8. The van der Waals surface area contributed by atoms with Crippen molar-refractivity contribution in [2.24, 2.45) is 0 Å². The summed E-state index contributed by atoms with van der Waals surface area (Å²) in [5.74, 6) is 1.76. The van der Waals surface area contributed by atoms with Crippen molar-refractivity contribution in [3.05, 3.63) is 72.8 Å². The summed E-state index contributed by atoms with van der Waals surface area (Å²) in [4.78, 5) is 8.10. The predicted molar refractivity (Wildman–Crippen MR) is 93.5 cm³/mol. The molecular formula is C20H16N2O. The second kappa shape index (κ2) is 5.61. The van der Waals surface area contributed by atoms with Gasteiger partial charge in [-0.3, -0.25) is 0 Å². The van der Waals surface area contributed by atoms with Gasteiger partial charge in [-0.2, -0.15) is 0 Å². The number of nitrogens with zero attached hydrogens (tertiary/aromatic N) is 1. The number of aromatic amines is 1. The van der Waals surface area contributed by atoms with Gasteiger partial charge in [-0.15, -0.1) is 0 Å². The normalized spacial score (nSPS) is 10.8. The molecule has 0 radical (unpaired) electrons. The van der Waals surface area contributed by atoms with Crippen molar-refractivity contribution in [3.63, 3.8) is 0 Å². The zero-order chi connectivity index (χ0) is 15.6. The summed E-state index contributed by atoms with van der Waals surface area (Å²) in [6.45, 7) is 0. The third-order valence-electron chi connectivity index (χ3n) is 3.95. The molecule has 0 bridgehead atoms. The number of methoxy groups -OCH3 is 1. The summed E-state index contributed by atoms with van der Waals surface area (Å²) in [6.07, 6.45) is 0. The van der Waals surface area contributed by atoms with E-state index in [0.29, 0.717) is 0 Å². The van der Waals surface area contributed by atoms with Crippen LogP contribution in [-0.4, -0.2) is 17.1 Å². The highest BCUT2D eigenvalue weighted by atomic mass is 16.5. The van der Waals surface area contributed by atoms with E-state index in [-0.39, 0.29) is 0 Å². The van der Waals surface area contributed by atoms with E-state index >= 15 is 0 Å². The van der Waals surface area contributed by atoms with Gasteiger partial charge in [0, 0.05) is 5.56 Å². The summed E-state index contributed by atoms with van der Waals surface area (Å²) >= 11 is 0. The summed E-state index contributed by atoms with van der Waals surface area (Å²) in [6, 6.07) is 24.5. The molecule has 0 saturated carbocycles. The van der Waals surface area contributed by atoms with Gasteiger partial charge in [-0.05, 0) is 35.4 Å². The molecule has 0 atom stereocenters. The number of hydrogen-bond donors (Lipinski definition) is 1. The monoisotopic (exact) mass is 300 g/mol. The fourth-order valence-electron chi connectivity index (χ4n) is 2.70. The maximum Gasteiger partial charge on any atom is 0.138 e. The van der Waals surface area contributed by atoms with Crippen LogP contribution in [0.3, 0.4) is 0 Å². The predicted octanol–water partition coefficient (Wildman–Crippen LogP) is 4.91. The smallest absolute Gasteiger partial charge is 0.138 e. The first-order valence-corrected chi connectivity index (χ1v) is 7.53. The molecule has 0 spiro atoms. The summed E-state index contributed by atoms with van der Waals surface area (Å²) in [5, 5.41) is 0. The fourth-order valence-corrected chi connectivity index (χ4v) is 2.70. The number of fused-ring (bicyclic) bond motifs is 1. The Bertz CT molecular complexity index is 940. The highest BCUT2D eigenvalue weighted by Crippen LogP contribution is 2.27. The number of benzene rings is 3. The second-order valence-corrected chi connectivity index (χ2v) is 5.41. The van der Waals surface area contributed by atoms with E-state index in [1.165, 1.54) is 0 Å². The lowest BCUT2D eigenvalue weighted by Crippen LogP contribution is -1.83. The van der Waals surface area contributed by atoms with Crippen LogP contribution >= 0.6 is 0 Å². The van der Waals surface area contributed by atoms with Crippen molar-refractivity contribution in [2.75, 3.05) is 7.11 Å². The molecule has 0 fully saturated rings. The molecule has 0 aliphatic carbocycles. The second-order valence-electron chi connectivity index (χ2n) is 5.41. The topological polar surface area (TPSA) is 37.9 Å². The molecular weight excluding hydrogens is 284 g/mol. The van der Waals surface area contributed by atoms with Crippen LogP contribution < -0.4 is 4.74 Å². The van der Waals surface area contributed by atoms with E-state index in [9.17, 15) is 0 Å². The van der Waals surface area contributed by atoms with Crippen molar-refractivity contribution >= 4 is 11.0 Å². The standard InChI is InChI=1S/C20H16N2O/c1-23-17-10-7-14(8-11-17)16-9-12-18-19(13-16)22-20(21-18)15-5-3-2-4-6-15/h2-13H,1H3,(H,21,22). The van der Waals surface area contributed by atoms with Crippen LogP contribution in [-0.2, 0) is 0 Å². The van der Waals surface area contributed by atoms with Gasteiger partial charge < -0.3 is 9.72 Å². The van der Waals surface area contributed by atoms with Gasteiger partial charge in [-0.25, -0.2) is 4.98 Å². The Labute approximate surface area is 134 Å². The molecule has 4 rings (SSSR count). The zero-order valence-electron chi connectivity index (χ0n) is 12.8. The maximum atomic E-state index is 5.21. The van der Waals surface area contributed by atoms with E-state index in [1.54, 1.807) is 7.11 Å². The lowest BCUT2D eigenvalue weighted by atomic mass is 10.1. The van der Waals surface area contributed by atoms with E-state index in [2.05, 4.69) is 47.4 Å². The molecule has 3 nitrogen and oxygen atoms in total. The van der Waals surface area contributed by atoms with Crippen molar-refractivity contribution in [1.82, 2.24) is 9.97 Å². The SMILES string of the molecule is COc1ccc(-c2ccc3[nH]c(-c4ccccc4)nc3c2)cc1. The van der Waals surface area contributed by atoms with E-state index in [1.807, 2.05) is 30.3 Å². The molecule has 23 heavy (non-hydrogen) atoms. The summed E-state index contributed by atoms with van der Waals surface area (Å²) < 4.78 is 5.21. The fraction of sp³-hybridized carbons (Fsp3) is 0.0500. The Balaban J connectivity index is 1.75. The Morgan fingerprint density at radius 3 is 2.26 bits per heavy atom.